The summed E-state index contributed by atoms with van der Waals surface area (Å²) in [5.41, 5.74) is 7.30. The highest BCUT2D eigenvalue weighted by Gasteiger charge is 2.31. The van der Waals surface area contributed by atoms with E-state index in [-0.39, 0.29) is 0 Å². The fraction of sp³-hybridized carbons (Fsp3) is 0.138. The van der Waals surface area contributed by atoms with Crippen molar-refractivity contribution in [1.82, 2.24) is 0 Å². The Kier molecular flexibility index (Phi) is 8.15. The van der Waals surface area contributed by atoms with Gasteiger partial charge in [-0.3, -0.25) is 0 Å². The molecular weight excluding hydrogens is 480 g/mol. The van der Waals surface area contributed by atoms with Gasteiger partial charge < -0.3 is 4.74 Å². The van der Waals surface area contributed by atoms with Gasteiger partial charge in [-0.05, 0) is 60.7 Å². The lowest BCUT2D eigenvalue weighted by Gasteiger charge is -2.17. The Bertz CT molecular complexity index is 1310. The quantitative estimate of drug-likeness (QED) is 0.395. The van der Waals surface area contributed by atoms with E-state index in [9.17, 15) is 0 Å². The van der Waals surface area contributed by atoms with Crippen LogP contribution in [0.5, 0.6) is 5.75 Å². The maximum Gasteiger partial charge on any atom is 0.361 e. The maximum atomic E-state index is 8.49. The second-order valence-electron chi connectivity index (χ2n) is 8.24. The Hall–Kier alpha value is -3.52. The zero-order valence-corrected chi connectivity index (χ0v) is 20.4. The summed E-state index contributed by atoms with van der Waals surface area (Å²) in [5.74, 6) is 2.79. The van der Waals surface area contributed by atoms with E-state index >= 15 is 0 Å². The smallest absolute Gasteiger partial charge is 0.361 e. The predicted molar refractivity (Wildman–Crippen MR) is 128 cm³/mol. The maximum absolute atomic E-state index is 8.49. The summed E-state index contributed by atoms with van der Waals surface area (Å²) in [4.78, 5) is 0. The van der Waals surface area contributed by atoms with Gasteiger partial charge in [0.15, 0.2) is 0 Å². The lowest BCUT2D eigenvalue weighted by atomic mass is 9.86. The highest BCUT2D eigenvalue weighted by Crippen LogP contribution is 2.41. The molecule has 0 fully saturated rings. The molecule has 4 aromatic rings. The fourth-order valence-electron chi connectivity index (χ4n) is 4.28. The van der Waals surface area contributed by atoms with Crippen LogP contribution in [0.2, 0.25) is 0 Å². The Labute approximate surface area is 212 Å². The molecule has 1 aliphatic rings. The molecule has 0 radical (unpaired) electrons. The summed E-state index contributed by atoms with van der Waals surface area (Å²) >= 11 is 0. The van der Waals surface area contributed by atoms with Crippen molar-refractivity contribution in [2.24, 2.45) is 0 Å². The molecule has 0 saturated carbocycles. The van der Waals surface area contributed by atoms with E-state index in [1.807, 2.05) is 18.2 Å². The van der Waals surface area contributed by atoms with Gasteiger partial charge in [-0.15, -0.1) is 10.2 Å². The van der Waals surface area contributed by atoms with Crippen molar-refractivity contribution in [3.63, 3.8) is 0 Å². The largest absolute Gasteiger partial charge is 0.497 e. The van der Waals surface area contributed by atoms with Crippen LogP contribution in [-0.2, 0) is 6.42 Å². The van der Waals surface area contributed by atoms with E-state index < -0.39 is 10.2 Å². The van der Waals surface area contributed by atoms with E-state index in [2.05, 4.69) is 78.9 Å². The normalized spacial score (nSPS) is 14.0. The van der Waals surface area contributed by atoms with Gasteiger partial charge in [-0.2, -0.15) is 0 Å². The summed E-state index contributed by atoms with van der Waals surface area (Å²) < 4.78 is 45.9. The van der Waals surface area contributed by atoms with Crippen LogP contribution in [0.4, 0.5) is 0 Å². The third-order valence-electron chi connectivity index (χ3n) is 5.85. The number of fused-ring (bicyclic) bond motifs is 1. The van der Waals surface area contributed by atoms with E-state index in [1.165, 1.54) is 22.3 Å². The summed E-state index contributed by atoms with van der Waals surface area (Å²) in [5, 5.41) is 0. The lowest BCUT2D eigenvalue weighted by molar-refractivity contribution is -2.00. The first-order chi connectivity index (χ1) is 17.3. The molecule has 6 nitrogen and oxygen atoms in total. The minimum absolute atomic E-state index is 0.869. The molecule has 0 aliphatic heterocycles. The monoisotopic (exact) mass is 504 g/mol. The van der Waals surface area contributed by atoms with Crippen LogP contribution in [0.1, 0.15) is 29.7 Å². The summed E-state index contributed by atoms with van der Waals surface area (Å²) in [7, 11) is -3.25. The topological polar surface area (TPSA) is 113 Å². The lowest BCUT2D eigenvalue weighted by Crippen LogP contribution is -2.68. The van der Waals surface area contributed by atoms with Crippen molar-refractivity contribution < 1.29 is 38.0 Å². The van der Waals surface area contributed by atoms with Crippen molar-refractivity contribution >= 4 is 11.6 Å². The van der Waals surface area contributed by atoms with Crippen molar-refractivity contribution in [3.05, 3.63) is 108 Å². The number of hydrogen-bond acceptors (Lipinski definition) is 5. The molecule has 1 aromatic heterocycles. The number of allylic oxidation sites excluding steroid dienone is 1. The Morgan fingerprint density at radius 2 is 1.36 bits per heavy atom. The first kappa shape index (κ1) is 25.6. The van der Waals surface area contributed by atoms with Crippen molar-refractivity contribution in [2.45, 2.75) is 19.3 Å². The zero-order chi connectivity index (χ0) is 25.5. The summed E-state index contributed by atoms with van der Waals surface area (Å²) in [6.45, 7) is 0. The number of halogens is 1. The van der Waals surface area contributed by atoms with Gasteiger partial charge in [0.2, 0.25) is 0 Å². The van der Waals surface area contributed by atoms with Crippen molar-refractivity contribution in [2.75, 3.05) is 7.11 Å². The van der Waals surface area contributed by atoms with Crippen LogP contribution in [-0.4, -0.2) is 7.11 Å². The molecule has 1 aliphatic carbocycles. The first-order valence-electron chi connectivity index (χ1n) is 11.4. The number of ether oxygens (including phenoxy) is 1. The summed E-state index contributed by atoms with van der Waals surface area (Å²) in [6, 6.07) is 31.4. The molecule has 0 saturated heterocycles. The molecule has 0 unspecified atom stereocenters. The van der Waals surface area contributed by atoms with Gasteiger partial charge in [0.25, 0.3) is 0 Å². The molecule has 3 aromatic carbocycles. The van der Waals surface area contributed by atoms with Crippen LogP contribution in [0.3, 0.4) is 0 Å². The van der Waals surface area contributed by atoms with Crippen molar-refractivity contribution in [3.8, 4) is 28.2 Å². The van der Waals surface area contributed by atoms with Crippen LogP contribution in [0, 0.1) is 10.2 Å². The Morgan fingerprint density at radius 3 is 1.94 bits per heavy atom. The molecule has 0 atom stereocenters. The highest BCUT2D eigenvalue weighted by molar-refractivity contribution is 5.86. The van der Waals surface area contributed by atoms with E-state index in [0.29, 0.717) is 0 Å². The Balaban J connectivity index is 0.000000556. The van der Waals surface area contributed by atoms with Gasteiger partial charge in [0, 0.05) is 5.56 Å². The molecule has 36 heavy (non-hydrogen) atoms. The first-order valence-corrected chi connectivity index (χ1v) is 12.6. The molecular formula is C29H25ClO6. The minimum Gasteiger partial charge on any atom is -0.497 e. The third-order valence-corrected chi connectivity index (χ3v) is 5.85. The van der Waals surface area contributed by atoms with Gasteiger partial charge in [0.1, 0.15) is 5.75 Å². The van der Waals surface area contributed by atoms with Gasteiger partial charge >= 0.3 is 11.5 Å². The van der Waals surface area contributed by atoms with Gasteiger partial charge in [0.05, 0.1) is 29.9 Å². The van der Waals surface area contributed by atoms with Crippen LogP contribution in [0.15, 0.2) is 95.4 Å². The third kappa shape index (κ3) is 6.79. The van der Waals surface area contributed by atoms with E-state index in [0.717, 1.165) is 47.7 Å². The molecule has 0 spiro atoms. The van der Waals surface area contributed by atoms with Crippen molar-refractivity contribution in [1.29, 1.82) is 0 Å². The number of rotatable bonds is 4. The molecule has 1 heterocycles. The number of methoxy groups -OCH3 is 1. The van der Waals surface area contributed by atoms with Crippen LogP contribution < -0.4 is 23.4 Å². The molecule has 184 valence electrons. The number of hydrogen-bond donors (Lipinski definition) is 0. The van der Waals surface area contributed by atoms with Crippen LogP contribution >= 0.6 is 0 Å². The molecule has 0 bridgehead atoms. The second kappa shape index (κ2) is 11.5. The predicted octanol–water partition coefficient (Wildman–Crippen LogP) is 3.02. The summed E-state index contributed by atoms with van der Waals surface area (Å²) in [6.07, 6.45) is 5.41. The SMILES string of the molecule is COc1ccc(C=C2CCCc3c(-c4ccccc4)cc(-c4ccccc4)[o+]c32)cc1.[O-][Cl+3]([O-])([O-])[O-]. The fourth-order valence-corrected chi connectivity index (χ4v) is 4.28. The standard InChI is InChI=1S/C29H25O2.ClHO4/c1-30-25-17-15-21(16-18-25)19-24-13-8-14-26-27(22-9-4-2-5-10-22)20-28(31-29(24)26)23-11-6-3-7-12-23;2-1(3,4)5/h2-7,9-12,15-20H,8,13-14H2,1H3;(H,2,3,4,5)/q+1;/p-1. The molecule has 0 amide bonds. The Morgan fingerprint density at radius 1 is 0.778 bits per heavy atom. The van der Waals surface area contributed by atoms with Crippen LogP contribution in [0.25, 0.3) is 34.1 Å². The molecule has 0 N–H and O–H groups in total. The van der Waals surface area contributed by atoms with Gasteiger partial charge in [-0.1, -0.05) is 60.7 Å². The number of benzene rings is 3. The zero-order valence-electron chi connectivity index (χ0n) is 19.7. The van der Waals surface area contributed by atoms with Gasteiger partial charge in [-0.25, -0.2) is 23.1 Å². The van der Waals surface area contributed by atoms with E-state index in [4.69, 9.17) is 27.8 Å². The second-order valence-corrected chi connectivity index (χ2v) is 8.99. The average molecular weight is 505 g/mol. The van der Waals surface area contributed by atoms with E-state index in [1.54, 1.807) is 7.11 Å². The minimum atomic E-state index is -4.94. The molecule has 5 rings (SSSR count). The average Bonchev–Trinajstić information content (AvgIpc) is 2.89. The molecule has 7 heteroatoms. The highest BCUT2D eigenvalue weighted by atomic mass is 35.7.